The molecule has 1 heterocycles. The molecule has 0 bridgehead atoms. The third-order valence-corrected chi connectivity index (χ3v) is 5.75. The van der Waals surface area contributed by atoms with Crippen molar-refractivity contribution >= 4 is 23.3 Å². The zero-order valence-corrected chi connectivity index (χ0v) is 19.7. The number of urea groups is 1. The molecule has 1 aliphatic rings. The van der Waals surface area contributed by atoms with Crippen LogP contribution in [0.25, 0.3) is 0 Å². The molecular weight excluding hydrogens is 420 g/mol. The predicted molar refractivity (Wildman–Crippen MR) is 130 cm³/mol. The molecule has 0 saturated heterocycles. The third-order valence-electron chi connectivity index (χ3n) is 5.75. The number of hydrogen-bond donors (Lipinski definition) is 3. The summed E-state index contributed by atoms with van der Waals surface area (Å²) in [6.07, 6.45) is -0.0186. The van der Waals surface area contributed by atoms with Crippen LogP contribution < -0.4 is 15.4 Å². The second kappa shape index (κ2) is 11.2. The molecule has 3 rings (SSSR count). The molecule has 0 saturated carbocycles. The summed E-state index contributed by atoms with van der Waals surface area (Å²) in [6, 6.07) is 13.9. The molecule has 0 aromatic heterocycles. The number of rotatable bonds is 6. The quantitative estimate of drug-likeness (QED) is 0.624. The molecule has 8 nitrogen and oxygen atoms in total. The Hall–Kier alpha value is -3.10. The van der Waals surface area contributed by atoms with Gasteiger partial charge in [-0.2, -0.15) is 0 Å². The lowest BCUT2D eigenvalue weighted by Crippen LogP contribution is -2.47. The maximum atomic E-state index is 13.2. The number of likely N-dealkylation sites (N-methyl/N-ethyl adjacent to an activating group) is 1. The lowest BCUT2D eigenvalue weighted by molar-refractivity contribution is -0.134. The van der Waals surface area contributed by atoms with Crippen LogP contribution in [0.1, 0.15) is 19.4 Å². The number of carbonyl (C=O) groups excluding carboxylic acids is 2. The fraction of sp³-hybridized carbons (Fsp3) is 0.440. The normalized spacial score (nSPS) is 19.6. The van der Waals surface area contributed by atoms with Gasteiger partial charge in [-0.1, -0.05) is 25.1 Å². The number of amides is 3. The van der Waals surface area contributed by atoms with Gasteiger partial charge in [-0.15, -0.1) is 0 Å². The van der Waals surface area contributed by atoms with Gasteiger partial charge >= 0.3 is 6.03 Å². The van der Waals surface area contributed by atoms with Crippen LogP contribution >= 0.6 is 0 Å². The largest absolute Gasteiger partial charge is 0.488 e. The maximum absolute atomic E-state index is 13.2. The fourth-order valence-corrected chi connectivity index (χ4v) is 3.90. The Morgan fingerprint density at radius 3 is 2.55 bits per heavy atom. The van der Waals surface area contributed by atoms with Gasteiger partial charge in [-0.25, -0.2) is 4.79 Å². The number of nitrogens with one attached hydrogen (secondary N) is 2. The van der Waals surface area contributed by atoms with Crippen LogP contribution in [0.15, 0.2) is 48.5 Å². The minimum atomic E-state index is -0.369. The van der Waals surface area contributed by atoms with E-state index < -0.39 is 0 Å². The van der Waals surface area contributed by atoms with Crippen molar-refractivity contribution in [2.24, 2.45) is 5.92 Å². The van der Waals surface area contributed by atoms with Gasteiger partial charge in [0.05, 0.1) is 19.1 Å². The van der Waals surface area contributed by atoms with Gasteiger partial charge in [-0.3, -0.25) is 4.79 Å². The van der Waals surface area contributed by atoms with E-state index in [-0.39, 0.29) is 43.0 Å². The Bertz CT molecular complexity index is 951. The summed E-state index contributed by atoms with van der Waals surface area (Å²) >= 11 is 0. The maximum Gasteiger partial charge on any atom is 0.323 e. The SMILES string of the molecule is C[C@@H]1CN([C@H](C)CO)C(=O)Cc2cc(NC(=O)Nc3ccccc3)ccc2O[C@H]1CN(C)C. The number of aliphatic hydroxyl groups is 1. The van der Waals surface area contributed by atoms with Gasteiger partial charge in [0.15, 0.2) is 0 Å². The minimum absolute atomic E-state index is 0.0609. The number of hydrogen-bond acceptors (Lipinski definition) is 5. The molecule has 0 aliphatic carbocycles. The number of aliphatic hydroxyl groups excluding tert-OH is 1. The number of benzene rings is 2. The van der Waals surface area contributed by atoms with E-state index in [0.717, 1.165) is 0 Å². The third kappa shape index (κ3) is 6.69. The molecule has 0 radical (unpaired) electrons. The highest BCUT2D eigenvalue weighted by molar-refractivity contribution is 5.99. The van der Waals surface area contributed by atoms with Crippen molar-refractivity contribution in [3.8, 4) is 5.75 Å². The highest BCUT2D eigenvalue weighted by atomic mass is 16.5. The molecule has 3 N–H and O–H groups in total. The number of para-hydroxylation sites is 1. The average molecular weight is 455 g/mol. The van der Waals surface area contributed by atoms with Crippen molar-refractivity contribution in [3.05, 3.63) is 54.1 Å². The van der Waals surface area contributed by atoms with E-state index in [9.17, 15) is 14.7 Å². The summed E-state index contributed by atoms with van der Waals surface area (Å²) in [5, 5.41) is 15.3. The van der Waals surface area contributed by atoms with Crippen molar-refractivity contribution in [3.63, 3.8) is 0 Å². The first-order valence-corrected chi connectivity index (χ1v) is 11.2. The standard InChI is InChI=1S/C25H34N4O4/c1-17-14-29(18(2)16-30)24(31)13-19-12-21(10-11-22(19)33-23(17)15-28(3)4)27-25(32)26-20-8-6-5-7-9-20/h5-12,17-18,23,30H,13-16H2,1-4H3,(H2,26,27,32)/t17-,18-,23+/m1/s1. The zero-order chi connectivity index (χ0) is 24.0. The molecular formula is C25H34N4O4. The molecule has 2 aromatic carbocycles. The molecule has 0 spiro atoms. The Morgan fingerprint density at radius 2 is 1.88 bits per heavy atom. The first-order chi connectivity index (χ1) is 15.8. The average Bonchev–Trinajstić information content (AvgIpc) is 2.82. The van der Waals surface area contributed by atoms with Crippen LogP contribution in [0.2, 0.25) is 0 Å². The van der Waals surface area contributed by atoms with E-state index in [2.05, 4.69) is 22.5 Å². The lowest BCUT2D eigenvalue weighted by atomic mass is 10.0. The first kappa shape index (κ1) is 24.5. The highest BCUT2D eigenvalue weighted by Gasteiger charge is 2.30. The van der Waals surface area contributed by atoms with Crippen LogP contribution in [-0.2, 0) is 11.2 Å². The first-order valence-electron chi connectivity index (χ1n) is 11.2. The number of carbonyl (C=O) groups is 2. The highest BCUT2D eigenvalue weighted by Crippen LogP contribution is 2.29. The van der Waals surface area contributed by atoms with E-state index in [1.807, 2.05) is 39.2 Å². The van der Waals surface area contributed by atoms with Crippen molar-refractivity contribution < 1.29 is 19.4 Å². The second-order valence-electron chi connectivity index (χ2n) is 8.92. The van der Waals surface area contributed by atoms with Gasteiger partial charge < -0.3 is 30.3 Å². The lowest BCUT2D eigenvalue weighted by Gasteiger charge is -2.33. The van der Waals surface area contributed by atoms with Crippen molar-refractivity contribution in [2.75, 3.05) is 44.4 Å². The molecule has 33 heavy (non-hydrogen) atoms. The van der Waals surface area contributed by atoms with E-state index in [4.69, 9.17) is 4.74 Å². The Labute approximate surface area is 195 Å². The smallest absolute Gasteiger partial charge is 0.323 e. The molecule has 1 aliphatic heterocycles. The minimum Gasteiger partial charge on any atom is -0.488 e. The van der Waals surface area contributed by atoms with Crippen LogP contribution in [-0.4, -0.2) is 72.8 Å². The fourth-order valence-electron chi connectivity index (χ4n) is 3.90. The van der Waals surface area contributed by atoms with Crippen molar-refractivity contribution in [2.45, 2.75) is 32.4 Å². The molecule has 3 atom stereocenters. The monoisotopic (exact) mass is 454 g/mol. The summed E-state index contributed by atoms with van der Waals surface area (Å²) in [5.74, 6) is 0.616. The molecule has 8 heteroatoms. The number of nitrogens with zero attached hydrogens (tertiary/aromatic N) is 2. The van der Waals surface area contributed by atoms with Gasteiger partial charge in [-0.05, 0) is 51.4 Å². The van der Waals surface area contributed by atoms with Crippen LogP contribution in [0.5, 0.6) is 5.75 Å². The van der Waals surface area contributed by atoms with Crippen molar-refractivity contribution in [1.29, 1.82) is 0 Å². The molecule has 0 unspecified atom stereocenters. The van der Waals surface area contributed by atoms with Crippen LogP contribution in [0, 0.1) is 5.92 Å². The van der Waals surface area contributed by atoms with Gasteiger partial charge in [0.25, 0.3) is 0 Å². The Balaban J connectivity index is 1.86. The second-order valence-corrected chi connectivity index (χ2v) is 8.92. The Kier molecular flexibility index (Phi) is 8.30. The van der Waals surface area contributed by atoms with Crippen LogP contribution in [0.4, 0.5) is 16.2 Å². The van der Waals surface area contributed by atoms with Crippen molar-refractivity contribution in [1.82, 2.24) is 9.80 Å². The number of fused-ring (bicyclic) bond motifs is 1. The summed E-state index contributed by atoms with van der Waals surface area (Å²) in [6.45, 7) is 4.99. The Morgan fingerprint density at radius 1 is 1.18 bits per heavy atom. The van der Waals surface area contributed by atoms with Gasteiger partial charge in [0.1, 0.15) is 11.9 Å². The van der Waals surface area contributed by atoms with Gasteiger partial charge in [0.2, 0.25) is 5.91 Å². The van der Waals surface area contributed by atoms with E-state index in [1.165, 1.54) is 0 Å². The molecule has 0 fully saturated rings. The van der Waals surface area contributed by atoms with Crippen LogP contribution in [0.3, 0.4) is 0 Å². The zero-order valence-electron chi connectivity index (χ0n) is 19.7. The summed E-state index contributed by atoms with van der Waals surface area (Å²) in [4.78, 5) is 29.4. The summed E-state index contributed by atoms with van der Waals surface area (Å²) < 4.78 is 6.39. The van der Waals surface area contributed by atoms with E-state index >= 15 is 0 Å². The molecule has 178 valence electrons. The molecule has 2 aromatic rings. The molecule has 3 amide bonds. The predicted octanol–water partition coefficient (Wildman–Crippen LogP) is 3.04. The summed E-state index contributed by atoms with van der Waals surface area (Å²) in [7, 11) is 3.97. The van der Waals surface area contributed by atoms with E-state index in [1.54, 1.807) is 35.2 Å². The summed E-state index contributed by atoms with van der Waals surface area (Å²) in [5.41, 5.74) is 1.95. The number of ether oxygens (including phenoxy) is 1. The number of anilines is 2. The topological polar surface area (TPSA) is 94.1 Å². The van der Waals surface area contributed by atoms with E-state index in [0.29, 0.717) is 35.8 Å². The van der Waals surface area contributed by atoms with Gasteiger partial charge in [0, 0.05) is 35.9 Å².